The van der Waals surface area contributed by atoms with Crippen molar-refractivity contribution >= 4 is 23.3 Å². The van der Waals surface area contributed by atoms with E-state index in [2.05, 4.69) is 22.1 Å². The second-order valence-corrected chi connectivity index (χ2v) is 4.47. The van der Waals surface area contributed by atoms with E-state index in [1.807, 2.05) is 0 Å². The molecule has 0 bridgehead atoms. The van der Waals surface area contributed by atoms with Crippen LogP contribution >= 0.6 is 11.6 Å². The fourth-order valence-electron chi connectivity index (χ4n) is 1.59. The predicted molar refractivity (Wildman–Crippen MR) is 81.2 cm³/mol. The zero-order valence-electron chi connectivity index (χ0n) is 10.9. The molecule has 0 spiro atoms. The van der Waals surface area contributed by atoms with Crippen molar-refractivity contribution < 1.29 is 9.90 Å². The lowest BCUT2D eigenvalue weighted by Crippen LogP contribution is -2.13. The normalized spacial score (nSPS) is 9.62. The number of hydrogen-bond acceptors (Lipinski definition) is 4. The van der Waals surface area contributed by atoms with Crippen molar-refractivity contribution in [1.29, 1.82) is 0 Å². The Bertz CT molecular complexity index is 735. The Morgan fingerprint density at radius 2 is 2.19 bits per heavy atom. The molecule has 0 aliphatic rings. The van der Waals surface area contributed by atoms with Crippen molar-refractivity contribution in [1.82, 2.24) is 4.98 Å². The molecule has 5 nitrogen and oxygen atoms in total. The van der Waals surface area contributed by atoms with Crippen LogP contribution in [0.4, 0.5) is 5.82 Å². The quantitative estimate of drug-likeness (QED) is 0.740. The molecule has 1 aromatic heterocycles. The maximum atomic E-state index is 12.1. The molecule has 0 aliphatic carbocycles. The number of nitrogens with two attached hydrogens (primary N) is 1. The molecular weight excluding hydrogens is 290 g/mol. The zero-order valence-corrected chi connectivity index (χ0v) is 11.7. The standard InChI is InChI=1S/C15H12ClN3O2/c16-10-6-7-13(20)12(9-10)15(21)19-14-5-1-3-11(18-14)4-2-8-17/h1,3,5-7,9,20H,8,17H2,(H,18,19,21). The highest BCUT2D eigenvalue weighted by Gasteiger charge is 2.12. The third kappa shape index (κ3) is 3.96. The molecule has 1 heterocycles. The number of pyridine rings is 1. The van der Waals surface area contributed by atoms with Crippen molar-refractivity contribution in [3.05, 3.63) is 52.7 Å². The second-order valence-electron chi connectivity index (χ2n) is 4.03. The Morgan fingerprint density at radius 1 is 1.38 bits per heavy atom. The number of nitrogens with one attached hydrogen (secondary N) is 1. The fraction of sp³-hybridized carbons (Fsp3) is 0.0667. The van der Waals surface area contributed by atoms with Crippen LogP contribution in [0.3, 0.4) is 0 Å². The summed E-state index contributed by atoms with van der Waals surface area (Å²) in [6.07, 6.45) is 0. The number of benzene rings is 1. The van der Waals surface area contributed by atoms with Gasteiger partial charge in [0.2, 0.25) is 0 Å². The smallest absolute Gasteiger partial charge is 0.260 e. The summed E-state index contributed by atoms with van der Waals surface area (Å²) in [6, 6.07) is 9.26. The number of anilines is 1. The molecule has 0 saturated carbocycles. The van der Waals surface area contributed by atoms with E-state index in [9.17, 15) is 9.90 Å². The first-order chi connectivity index (χ1) is 10.1. The lowest BCUT2D eigenvalue weighted by Gasteiger charge is -2.06. The van der Waals surface area contributed by atoms with E-state index in [1.54, 1.807) is 18.2 Å². The molecule has 0 aliphatic heterocycles. The summed E-state index contributed by atoms with van der Waals surface area (Å²) in [7, 11) is 0. The van der Waals surface area contributed by atoms with Crippen LogP contribution in [-0.2, 0) is 0 Å². The zero-order chi connectivity index (χ0) is 15.2. The van der Waals surface area contributed by atoms with Gasteiger partial charge in [-0.25, -0.2) is 4.98 Å². The number of aromatic nitrogens is 1. The lowest BCUT2D eigenvalue weighted by atomic mass is 10.2. The molecule has 0 radical (unpaired) electrons. The molecule has 0 fully saturated rings. The van der Waals surface area contributed by atoms with Gasteiger partial charge in [-0.1, -0.05) is 23.6 Å². The van der Waals surface area contributed by atoms with Gasteiger partial charge in [0.25, 0.3) is 5.91 Å². The van der Waals surface area contributed by atoms with Crippen LogP contribution < -0.4 is 11.1 Å². The van der Waals surface area contributed by atoms with E-state index in [0.29, 0.717) is 16.5 Å². The number of nitrogens with zero attached hydrogens (tertiary/aromatic N) is 1. The number of carbonyl (C=O) groups excluding carboxylic acids is 1. The van der Waals surface area contributed by atoms with E-state index >= 15 is 0 Å². The van der Waals surface area contributed by atoms with Gasteiger partial charge in [0.1, 0.15) is 17.3 Å². The van der Waals surface area contributed by atoms with Crippen LogP contribution in [0.1, 0.15) is 16.1 Å². The van der Waals surface area contributed by atoms with Crippen LogP contribution in [-0.4, -0.2) is 22.5 Å². The molecule has 6 heteroatoms. The fourth-order valence-corrected chi connectivity index (χ4v) is 1.76. The van der Waals surface area contributed by atoms with E-state index < -0.39 is 5.91 Å². The van der Waals surface area contributed by atoms with Gasteiger partial charge in [-0.05, 0) is 36.3 Å². The van der Waals surface area contributed by atoms with Crippen molar-refractivity contribution in [2.75, 3.05) is 11.9 Å². The maximum absolute atomic E-state index is 12.1. The summed E-state index contributed by atoms with van der Waals surface area (Å²) in [5, 5.41) is 12.6. The van der Waals surface area contributed by atoms with Crippen LogP contribution in [0.25, 0.3) is 0 Å². The summed E-state index contributed by atoms with van der Waals surface area (Å²) in [4.78, 5) is 16.2. The van der Waals surface area contributed by atoms with E-state index in [0.717, 1.165) is 0 Å². The first kappa shape index (κ1) is 14.9. The van der Waals surface area contributed by atoms with Crippen molar-refractivity contribution in [2.24, 2.45) is 5.73 Å². The number of aromatic hydroxyl groups is 1. The number of phenolic OH excluding ortho intramolecular Hbond substituents is 1. The molecular formula is C15H12ClN3O2. The third-order valence-electron chi connectivity index (χ3n) is 2.51. The van der Waals surface area contributed by atoms with E-state index in [1.165, 1.54) is 18.2 Å². The summed E-state index contributed by atoms with van der Waals surface area (Å²) in [5.74, 6) is 5.11. The average molecular weight is 302 g/mol. The van der Waals surface area contributed by atoms with Gasteiger partial charge in [-0.15, -0.1) is 0 Å². The Labute approximate surface area is 126 Å². The second kappa shape index (κ2) is 6.75. The molecule has 0 saturated heterocycles. The summed E-state index contributed by atoms with van der Waals surface area (Å²) < 4.78 is 0. The topological polar surface area (TPSA) is 88.2 Å². The van der Waals surface area contributed by atoms with Gasteiger partial charge < -0.3 is 16.2 Å². The van der Waals surface area contributed by atoms with Crippen LogP contribution in [0.5, 0.6) is 5.75 Å². The number of phenols is 1. The number of hydrogen-bond donors (Lipinski definition) is 3. The largest absolute Gasteiger partial charge is 0.507 e. The minimum Gasteiger partial charge on any atom is -0.507 e. The van der Waals surface area contributed by atoms with Gasteiger partial charge in [-0.3, -0.25) is 4.79 Å². The molecule has 4 N–H and O–H groups in total. The number of halogens is 1. The molecule has 106 valence electrons. The highest BCUT2D eigenvalue weighted by atomic mass is 35.5. The van der Waals surface area contributed by atoms with Crippen LogP contribution in [0.2, 0.25) is 5.02 Å². The number of carbonyl (C=O) groups is 1. The average Bonchev–Trinajstić information content (AvgIpc) is 2.48. The third-order valence-corrected chi connectivity index (χ3v) is 2.75. The molecule has 2 rings (SSSR count). The van der Waals surface area contributed by atoms with Gasteiger partial charge in [0.05, 0.1) is 12.1 Å². The molecule has 1 aromatic carbocycles. The SMILES string of the molecule is NCC#Cc1cccc(NC(=O)c2cc(Cl)ccc2O)n1. The highest BCUT2D eigenvalue weighted by molar-refractivity contribution is 6.31. The monoisotopic (exact) mass is 301 g/mol. The van der Waals surface area contributed by atoms with E-state index in [4.69, 9.17) is 17.3 Å². The predicted octanol–water partition coefficient (Wildman–Crippen LogP) is 2.00. The van der Waals surface area contributed by atoms with Gasteiger partial charge in [-0.2, -0.15) is 0 Å². The summed E-state index contributed by atoms with van der Waals surface area (Å²) in [5.41, 5.74) is 5.86. The van der Waals surface area contributed by atoms with Crippen LogP contribution in [0, 0.1) is 11.8 Å². The lowest BCUT2D eigenvalue weighted by molar-refractivity contribution is 0.102. The number of amides is 1. The van der Waals surface area contributed by atoms with Gasteiger partial charge in [0, 0.05) is 5.02 Å². The van der Waals surface area contributed by atoms with E-state index in [-0.39, 0.29) is 17.9 Å². The Kier molecular flexibility index (Phi) is 4.77. The van der Waals surface area contributed by atoms with Crippen molar-refractivity contribution in [3.63, 3.8) is 0 Å². The molecule has 2 aromatic rings. The van der Waals surface area contributed by atoms with Crippen molar-refractivity contribution in [2.45, 2.75) is 0 Å². The molecule has 0 atom stereocenters. The summed E-state index contributed by atoms with van der Waals surface area (Å²) in [6.45, 7) is 0.231. The first-order valence-electron chi connectivity index (χ1n) is 6.06. The Morgan fingerprint density at radius 3 is 2.95 bits per heavy atom. The van der Waals surface area contributed by atoms with Crippen molar-refractivity contribution in [3.8, 4) is 17.6 Å². The number of rotatable bonds is 2. The minimum atomic E-state index is -0.508. The molecule has 21 heavy (non-hydrogen) atoms. The maximum Gasteiger partial charge on any atom is 0.260 e. The Balaban J connectivity index is 2.21. The first-order valence-corrected chi connectivity index (χ1v) is 6.44. The Hall–Kier alpha value is -2.55. The minimum absolute atomic E-state index is 0.0720. The molecule has 0 unspecified atom stereocenters. The highest BCUT2D eigenvalue weighted by Crippen LogP contribution is 2.22. The summed E-state index contributed by atoms with van der Waals surface area (Å²) >= 11 is 5.81. The van der Waals surface area contributed by atoms with Gasteiger partial charge >= 0.3 is 0 Å². The van der Waals surface area contributed by atoms with Gasteiger partial charge in [0.15, 0.2) is 0 Å². The molecule has 1 amide bonds. The van der Waals surface area contributed by atoms with Crippen LogP contribution in [0.15, 0.2) is 36.4 Å².